The normalized spacial score (nSPS) is 24.3. The lowest BCUT2D eigenvalue weighted by molar-refractivity contribution is -0.171. The molecule has 1 aromatic carbocycles. The van der Waals surface area contributed by atoms with Gasteiger partial charge in [-0.15, -0.1) is 11.8 Å². The summed E-state index contributed by atoms with van der Waals surface area (Å²) >= 11 is 1.37. The Bertz CT molecular complexity index is 1380. The number of carbonyl (C=O) groups is 6. The molecule has 3 aliphatic heterocycles. The van der Waals surface area contributed by atoms with Gasteiger partial charge in [0.1, 0.15) is 5.70 Å². The lowest BCUT2D eigenvalue weighted by atomic mass is 9.79. The summed E-state index contributed by atoms with van der Waals surface area (Å²) < 4.78 is 19.8. The molecule has 0 radical (unpaired) electrons. The van der Waals surface area contributed by atoms with Crippen molar-refractivity contribution in [2.24, 2.45) is 11.8 Å². The largest absolute Gasteiger partial charge is 0.428 e. The molecule has 0 saturated carbocycles. The quantitative estimate of drug-likeness (QED) is 0.160. The molecule has 0 spiro atoms. The molecular weight excluding hydrogens is 610 g/mol. The Hall–Kier alpha value is -3.95. The number of carbonyl (C=O) groups excluding carboxylic acids is 6. The van der Waals surface area contributed by atoms with E-state index < -0.39 is 61.6 Å². The number of esters is 4. The number of aliphatic hydroxyl groups excluding tert-OH is 1. The van der Waals surface area contributed by atoms with Gasteiger partial charge < -0.3 is 39.6 Å². The highest BCUT2D eigenvalue weighted by molar-refractivity contribution is 8.03. The highest BCUT2D eigenvalue weighted by atomic mass is 32.2. The fourth-order valence-corrected chi connectivity index (χ4v) is 6.92. The highest BCUT2D eigenvalue weighted by Gasteiger charge is 2.60. The lowest BCUT2D eigenvalue weighted by Gasteiger charge is -2.46. The topological polar surface area (TPSA) is 187 Å². The number of amides is 2. The van der Waals surface area contributed by atoms with E-state index in [1.165, 1.54) is 35.7 Å². The summed E-state index contributed by atoms with van der Waals surface area (Å²) in [6.07, 6.45) is -0.252. The number of aliphatic hydroxyl groups is 1. The minimum absolute atomic E-state index is 0.0630. The summed E-state index contributed by atoms with van der Waals surface area (Å²) in [5.41, 5.74) is 0.591. The molecule has 2 fully saturated rings. The van der Waals surface area contributed by atoms with Gasteiger partial charge in [0, 0.05) is 41.1 Å². The molecule has 3 N–H and O–H groups in total. The van der Waals surface area contributed by atoms with Crippen LogP contribution in [-0.2, 0) is 42.9 Å². The molecular formula is C30H37N3O11S. The molecule has 6 atom stereocenters. The van der Waals surface area contributed by atoms with Gasteiger partial charge >= 0.3 is 23.9 Å². The van der Waals surface area contributed by atoms with Crippen molar-refractivity contribution >= 4 is 53.1 Å². The minimum Gasteiger partial charge on any atom is -0.428 e. The van der Waals surface area contributed by atoms with E-state index in [1.807, 2.05) is 6.92 Å². The molecule has 0 bridgehead atoms. The van der Waals surface area contributed by atoms with E-state index in [1.54, 1.807) is 26.0 Å². The number of thioether (sulfide) groups is 1. The van der Waals surface area contributed by atoms with Gasteiger partial charge in [0.2, 0.25) is 25.4 Å². The monoisotopic (exact) mass is 647 g/mol. The predicted molar refractivity (Wildman–Crippen MR) is 159 cm³/mol. The Balaban J connectivity index is 1.39. The van der Waals surface area contributed by atoms with Crippen LogP contribution in [0, 0.1) is 11.8 Å². The third-order valence-electron chi connectivity index (χ3n) is 7.77. The fraction of sp³-hybridized carbons (Fsp3) is 0.533. The van der Waals surface area contributed by atoms with Crippen molar-refractivity contribution in [3.05, 3.63) is 40.4 Å². The molecule has 15 heteroatoms. The number of nitrogens with zero attached hydrogens (tertiary/aromatic N) is 1. The molecule has 2 amide bonds. The third kappa shape index (κ3) is 7.65. The molecule has 0 aliphatic carbocycles. The SMILES string of the molecule is CCC(=O)OCOC(=O)C1=C(S[C@@H]2CN[C@H](C(=O)Nc3cccc(C(=O)OCOC(=O)CC)c3)C2)[C@H](C)[C@@H]2[C@@H]([C@@H](C)O)C(=O)N12. The number of hydrogen-bond donors (Lipinski definition) is 3. The third-order valence-corrected chi connectivity index (χ3v) is 9.28. The zero-order valence-corrected chi connectivity index (χ0v) is 26.2. The van der Waals surface area contributed by atoms with Gasteiger partial charge in [-0.3, -0.25) is 19.2 Å². The maximum Gasteiger partial charge on any atom is 0.358 e. The number of nitrogens with one attached hydrogen (secondary N) is 2. The van der Waals surface area contributed by atoms with Crippen molar-refractivity contribution in [3.8, 4) is 0 Å². The molecule has 14 nitrogen and oxygen atoms in total. The minimum atomic E-state index is -0.909. The zero-order valence-electron chi connectivity index (χ0n) is 25.4. The molecule has 0 unspecified atom stereocenters. The molecule has 4 rings (SSSR count). The van der Waals surface area contributed by atoms with E-state index in [-0.39, 0.29) is 47.1 Å². The van der Waals surface area contributed by atoms with Gasteiger partial charge in [-0.1, -0.05) is 26.8 Å². The smallest absolute Gasteiger partial charge is 0.358 e. The molecule has 2 saturated heterocycles. The van der Waals surface area contributed by atoms with Crippen LogP contribution in [0.3, 0.4) is 0 Å². The van der Waals surface area contributed by atoms with Crippen molar-refractivity contribution < 1.29 is 52.8 Å². The molecule has 3 heterocycles. The summed E-state index contributed by atoms with van der Waals surface area (Å²) in [4.78, 5) is 76.2. The number of fused-ring (bicyclic) bond motifs is 1. The van der Waals surface area contributed by atoms with Crippen LogP contribution in [0.5, 0.6) is 0 Å². The van der Waals surface area contributed by atoms with Crippen LogP contribution in [0.2, 0.25) is 0 Å². The summed E-state index contributed by atoms with van der Waals surface area (Å²) in [6.45, 7) is 5.95. The van der Waals surface area contributed by atoms with E-state index in [4.69, 9.17) is 18.9 Å². The van der Waals surface area contributed by atoms with Crippen molar-refractivity contribution in [3.63, 3.8) is 0 Å². The Morgan fingerprint density at radius 2 is 1.69 bits per heavy atom. The first kappa shape index (κ1) is 33.9. The van der Waals surface area contributed by atoms with Crippen LogP contribution in [-0.4, -0.2) is 89.3 Å². The number of ether oxygens (including phenoxy) is 4. The van der Waals surface area contributed by atoms with Gasteiger partial charge in [0.15, 0.2) is 0 Å². The van der Waals surface area contributed by atoms with E-state index in [0.717, 1.165) is 0 Å². The summed E-state index contributed by atoms with van der Waals surface area (Å²) in [6, 6.07) is 5.14. The molecule has 3 aliphatic rings. The van der Waals surface area contributed by atoms with E-state index in [0.29, 0.717) is 23.6 Å². The Morgan fingerprint density at radius 1 is 1.04 bits per heavy atom. The molecule has 0 aromatic heterocycles. The Morgan fingerprint density at radius 3 is 2.31 bits per heavy atom. The number of anilines is 1. The maximum atomic E-state index is 13.1. The fourth-order valence-electron chi connectivity index (χ4n) is 5.45. The Labute approximate surface area is 264 Å². The summed E-state index contributed by atoms with van der Waals surface area (Å²) in [7, 11) is 0. The van der Waals surface area contributed by atoms with Crippen molar-refractivity contribution in [2.45, 2.75) is 70.4 Å². The second-order valence-corrected chi connectivity index (χ2v) is 12.2. The predicted octanol–water partition coefficient (Wildman–Crippen LogP) is 1.68. The summed E-state index contributed by atoms with van der Waals surface area (Å²) in [5.74, 6) is -4.24. The van der Waals surface area contributed by atoms with E-state index in [2.05, 4.69) is 10.6 Å². The standard InChI is InChI=1S/C30H37N3O11S/c1-5-21(35)41-13-43-29(39)17-8-7-9-18(10-17)32-27(37)20-11-19(12-31-20)45-26-15(3)24-23(16(4)34)28(38)33(24)25(26)30(40)44-14-42-22(36)6-2/h7-10,15-16,19-20,23-24,31,34H,5-6,11-14H2,1-4H3,(H,32,37)/t15-,16-,19+,20+,23-,24-/m1/s1. The lowest BCUT2D eigenvalue weighted by Crippen LogP contribution is -2.63. The highest BCUT2D eigenvalue weighted by Crippen LogP contribution is 2.52. The van der Waals surface area contributed by atoms with Crippen molar-refractivity contribution in [1.82, 2.24) is 10.2 Å². The van der Waals surface area contributed by atoms with E-state index in [9.17, 15) is 33.9 Å². The second kappa shape index (κ2) is 14.9. The molecule has 244 valence electrons. The Kier molecular flexibility index (Phi) is 11.2. The first-order chi connectivity index (χ1) is 21.5. The van der Waals surface area contributed by atoms with E-state index >= 15 is 0 Å². The van der Waals surface area contributed by atoms with Gasteiger partial charge in [0.25, 0.3) is 0 Å². The first-order valence-electron chi connectivity index (χ1n) is 14.7. The van der Waals surface area contributed by atoms with Crippen LogP contribution in [0.25, 0.3) is 0 Å². The zero-order chi connectivity index (χ0) is 32.8. The second-order valence-electron chi connectivity index (χ2n) is 10.8. The number of rotatable bonds is 13. The van der Waals surface area contributed by atoms with Gasteiger partial charge in [0.05, 0.1) is 29.7 Å². The molecule has 45 heavy (non-hydrogen) atoms. The number of benzene rings is 1. The van der Waals surface area contributed by atoms with Crippen LogP contribution < -0.4 is 10.6 Å². The first-order valence-corrected chi connectivity index (χ1v) is 15.6. The average Bonchev–Trinajstić information content (AvgIpc) is 3.58. The summed E-state index contributed by atoms with van der Waals surface area (Å²) in [5, 5.41) is 16.0. The van der Waals surface area contributed by atoms with Crippen molar-refractivity contribution in [1.29, 1.82) is 0 Å². The number of β-lactam (4-membered cyclic amide) rings is 1. The van der Waals surface area contributed by atoms with Crippen molar-refractivity contribution in [2.75, 3.05) is 25.4 Å². The van der Waals surface area contributed by atoms with Crippen LogP contribution in [0.1, 0.15) is 57.3 Å². The van der Waals surface area contributed by atoms with Crippen LogP contribution >= 0.6 is 11.8 Å². The average molecular weight is 648 g/mol. The van der Waals surface area contributed by atoms with Gasteiger partial charge in [-0.05, 0) is 31.5 Å². The van der Waals surface area contributed by atoms with Gasteiger partial charge in [-0.25, -0.2) is 9.59 Å². The molecule has 1 aromatic rings. The van der Waals surface area contributed by atoms with Gasteiger partial charge in [-0.2, -0.15) is 0 Å². The maximum absolute atomic E-state index is 13.1. The number of hydrogen-bond acceptors (Lipinski definition) is 13. The van der Waals surface area contributed by atoms with Crippen LogP contribution in [0.15, 0.2) is 34.9 Å². The van der Waals surface area contributed by atoms with Crippen LogP contribution in [0.4, 0.5) is 5.69 Å².